The molecule has 0 bridgehead atoms. The molecule has 8 heteroatoms. The summed E-state index contributed by atoms with van der Waals surface area (Å²) in [6.45, 7) is 1.37. The van der Waals surface area contributed by atoms with Crippen molar-refractivity contribution >= 4 is 12.0 Å². The molecule has 21 heavy (non-hydrogen) atoms. The number of halogens is 2. The Morgan fingerprint density at radius 2 is 2.00 bits per heavy atom. The molecule has 0 radical (unpaired) electrons. The summed E-state index contributed by atoms with van der Waals surface area (Å²) in [6, 6.07) is -0.618. The molecule has 0 spiro atoms. The number of ether oxygens (including phenoxy) is 1. The van der Waals surface area contributed by atoms with E-state index in [9.17, 15) is 23.5 Å². The molecule has 0 aromatic carbocycles. The van der Waals surface area contributed by atoms with Gasteiger partial charge in [-0.15, -0.1) is 0 Å². The maximum absolute atomic E-state index is 11.8. The highest BCUT2D eigenvalue weighted by molar-refractivity contribution is 5.86. The monoisotopic (exact) mass is 308 g/mol. The lowest BCUT2D eigenvalue weighted by Gasteiger charge is -2.36. The summed E-state index contributed by atoms with van der Waals surface area (Å²) in [4.78, 5) is 23.1. The van der Waals surface area contributed by atoms with E-state index in [0.29, 0.717) is 18.8 Å². The molecule has 1 aliphatic rings. The highest BCUT2D eigenvalue weighted by Gasteiger charge is 2.42. The summed E-state index contributed by atoms with van der Waals surface area (Å²) in [5.41, 5.74) is -1.24. The fourth-order valence-electron chi connectivity index (χ4n) is 2.32. The largest absolute Gasteiger partial charge is 0.480 e. The molecule has 0 saturated heterocycles. The van der Waals surface area contributed by atoms with Crippen molar-refractivity contribution in [2.24, 2.45) is 5.92 Å². The smallest absolute Gasteiger partial charge is 0.329 e. The van der Waals surface area contributed by atoms with Crippen LogP contribution in [-0.2, 0) is 9.53 Å². The summed E-state index contributed by atoms with van der Waals surface area (Å²) >= 11 is 0. The lowest BCUT2D eigenvalue weighted by atomic mass is 9.77. The summed E-state index contributed by atoms with van der Waals surface area (Å²) < 4.78 is 28.2. The highest BCUT2D eigenvalue weighted by Crippen LogP contribution is 2.32. The van der Waals surface area contributed by atoms with Gasteiger partial charge in [0.25, 0.3) is 6.43 Å². The van der Waals surface area contributed by atoms with Crippen molar-refractivity contribution in [3.05, 3.63) is 0 Å². The van der Waals surface area contributed by atoms with Crippen LogP contribution < -0.4 is 10.6 Å². The minimum atomic E-state index is -2.54. The van der Waals surface area contributed by atoms with Gasteiger partial charge in [0.15, 0.2) is 0 Å². The van der Waals surface area contributed by atoms with Crippen LogP contribution in [0.15, 0.2) is 0 Å². The Hall–Kier alpha value is -1.44. The minimum absolute atomic E-state index is 0.0463. The Morgan fingerprint density at radius 3 is 2.52 bits per heavy atom. The van der Waals surface area contributed by atoms with E-state index in [1.165, 1.54) is 0 Å². The van der Waals surface area contributed by atoms with Gasteiger partial charge in [0.05, 0.1) is 6.61 Å². The van der Waals surface area contributed by atoms with E-state index in [0.717, 1.165) is 12.8 Å². The van der Waals surface area contributed by atoms with Crippen molar-refractivity contribution in [2.75, 3.05) is 19.8 Å². The first kappa shape index (κ1) is 17.6. The molecule has 122 valence electrons. The second-order valence-corrected chi connectivity index (χ2v) is 5.42. The molecule has 0 aromatic heterocycles. The van der Waals surface area contributed by atoms with Crippen molar-refractivity contribution < 1.29 is 28.2 Å². The first-order chi connectivity index (χ1) is 9.85. The summed E-state index contributed by atoms with van der Waals surface area (Å²) in [6.07, 6.45) is -0.287. The summed E-state index contributed by atoms with van der Waals surface area (Å²) in [5.74, 6) is -0.594. The standard InChI is InChI=1S/C13H22F2N2O4/c1-9-2-4-13(5-3-9,11(18)19)17-12(20)16-6-7-21-8-10(14)15/h9-10H,2-8H2,1H3,(H,18,19)(H2,16,17,20). The van der Waals surface area contributed by atoms with Crippen molar-refractivity contribution in [3.8, 4) is 0 Å². The van der Waals surface area contributed by atoms with E-state index in [-0.39, 0.29) is 13.2 Å². The van der Waals surface area contributed by atoms with Crippen LogP contribution in [0.1, 0.15) is 32.6 Å². The SMILES string of the molecule is CC1CCC(NC(=O)NCCOCC(F)F)(C(=O)O)CC1. The highest BCUT2D eigenvalue weighted by atomic mass is 19.3. The van der Waals surface area contributed by atoms with Gasteiger partial charge in [-0.3, -0.25) is 0 Å². The Kier molecular flexibility index (Phi) is 6.80. The van der Waals surface area contributed by atoms with Gasteiger partial charge in [0.1, 0.15) is 12.1 Å². The second kappa shape index (κ2) is 8.11. The average molecular weight is 308 g/mol. The average Bonchev–Trinajstić information content (AvgIpc) is 2.40. The first-order valence-electron chi connectivity index (χ1n) is 7.01. The molecule has 1 fully saturated rings. The zero-order valence-electron chi connectivity index (χ0n) is 12.0. The number of hydrogen-bond donors (Lipinski definition) is 3. The molecular weight excluding hydrogens is 286 g/mol. The third kappa shape index (κ3) is 5.82. The van der Waals surface area contributed by atoms with Gasteiger partial charge < -0.3 is 20.5 Å². The Labute approximate surface area is 122 Å². The molecule has 0 atom stereocenters. The molecule has 3 N–H and O–H groups in total. The number of aliphatic carboxylic acids is 1. The normalized spacial score (nSPS) is 25.6. The third-order valence-electron chi connectivity index (χ3n) is 3.67. The molecule has 1 saturated carbocycles. The summed E-state index contributed by atoms with van der Waals surface area (Å²) in [7, 11) is 0. The van der Waals surface area contributed by atoms with Gasteiger partial charge in [0.2, 0.25) is 0 Å². The van der Waals surface area contributed by atoms with Crippen molar-refractivity contribution in [2.45, 2.75) is 44.6 Å². The number of rotatable bonds is 7. The van der Waals surface area contributed by atoms with Gasteiger partial charge in [-0.2, -0.15) is 0 Å². The molecule has 0 heterocycles. The van der Waals surface area contributed by atoms with Crippen LogP contribution in [0.2, 0.25) is 0 Å². The number of carbonyl (C=O) groups is 2. The predicted octanol–water partition coefficient (Wildman–Crippen LogP) is 1.60. The molecular formula is C13H22F2N2O4. The molecule has 0 aromatic rings. The quantitative estimate of drug-likeness (QED) is 0.623. The van der Waals surface area contributed by atoms with Crippen LogP contribution >= 0.6 is 0 Å². The minimum Gasteiger partial charge on any atom is -0.480 e. The number of alkyl halides is 2. The van der Waals surface area contributed by atoms with E-state index in [4.69, 9.17) is 0 Å². The van der Waals surface area contributed by atoms with E-state index in [1.54, 1.807) is 0 Å². The van der Waals surface area contributed by atoms with Crippen LogP contribution in [-0.4, -0.2) is 48.8 Å². The lowest BCUT2D eigenvalue weighted by Crippen LogP contribution is -2.58. The van der Waals surface area contributed by atoms with Gasteiger partial charge in [-0.25, -0.2) is 18.4 Å². The zero-order valence-corrected chi connectivity index (χ0v) is 12.0. The zero-order chi connectivity index (χ0) is 15.9. The van der Waals surface area contributed by atoms with Crippen LogP contribution in [0.3, 0.4) is 0 Å². The van der Waals surface area contributed by atoms with Crippen LogP contribution in [0, 0.1) is 5.92 Å². The van der Waals surface area contributed by atoms with E-state index >= 15 is 0 Å². The number of carboxylic acid groups (broad SMARTS) is 1. The number of amides is 2. The van der Waals surface area contributed by atoms with E-state index < -0.39 is 30.6 Å². The van der Waals surface area contributed by atoms with Crippen LogP contribution in [0.25, 0.3) is 0 Å². The molecule has 2 amide bonds. The second-order valence-electron chi connectivity index (χ2n) is 5.42. The molecule has 0 unspecified atom stereocenters. The van der Waals surface area contributed by atoms with Crippen LogP contribution in [0.5, 0.6) is 0 Å². The van der Waals surface area contributed by atoms with Crippen molar-refractivity contribution in [1.29, 1.82) is 0 Å². The Morgan fingerprint density at radius 1 is 1.38 bits per heavy atom. The van der Waals surface area contributed by atoms with Gasteiger partial charge >= 0.3 is 12.0 Å². The Bertz CT molecular complexity index is 358. The van der Waals surface area contributed by atoms with Gasteiger partial charge in [0, 0.05) is 6.54 Å². The molecule has 1 aliphatic carbocycles. The van der Waals surface area contributed by atoms with Crippen molar-refractivity contribution in [3.63, 3.8) is 0 Å². The number of urea groups is 1. The number of nitrogens with one attached hydrogen (secondary N) is 2. The topological polar surface area (TPSA) is 87.7 Å². The Balaban J connectivity index is 2.35. The van der Waals surface area contributed by atoms with Crippen LogP contribution in [0.4, 0.5) is 13.6 Å². The summed E-state index contributed by atoms with van der Waals surface area (Å²) in [5, 5.41) is 14.3. The molecule has 1 rings (SSSR count). The third-order valence-corrected chi connectivity index (χ3v) is 3.67. The maximum Gasteiger partial charge on any atom is 0.329 e. The number of carbonyl (C=O) groups excluding carboxylic acids is 1. The number of carboxylic acids is 1. The van der Waals surface area contributed by atoms with E-state index in [1.807, 2.05) is 6.92 Å². The fraction of sp³-hybridized carbons (Fsp3) is 0.846. The lowest BCUT2D eigenvalue weighted by molar-refractivity contribution is -0.146. The maximum atomic E-state index is 11.8. The number of hydrogen-bond acceptors (Lipinski definition) is 3. The van der Waals surface area contributed by atoms with Gasteiger partial charge in [-0.05, 0) is 31.6 Å². The fourth-order valence-corrected chi connectivity index (χ4v) is 2.32. The first-order valence-corrected chi connectivity index (χ1v) is 7.01. The molecule has 0 aliphatic heterocycles. The predicted molar refractivity (Wildman–Crippen MR) is 71.4 cm³/mol. The molecule has 6 nitrogen and oxygen atoms in total. The van der Waals surface area contributed by atoms with Crippen molar-refractivity contribution in [1.82, 2.24) is 10.6 Å². The van der Waals surface area contributed by atoms with Gasteiger partial charge in [-0.1, -0.05) is 6.92 Å². The van der Waals surface area contributed by atoms with E-state index in [2.05, 4.69) is 15.4 Å².